The monoisotopic (exact) mass is 350 g/mol. The van der Waals surface area contributed by atoms with Gasteiger partial charge < -0.3 is 14.4 Å². The predicted molar refractivity (Wildman–Crippen MR) is 89.2 cm³/mol. The Labute approximate surface area is 146 Å². The van der Waals surface area contributed by atoms with Crippen LogP contribution < -0.4 is 14.4 Å². The first-order valence-electron chi connectivity index (χ1n) is 8.21. The average molecular weight is 350 g/mol. The van der Waals surface area contributed by atoms with Crippen LogP contribution in [0.1, 0.15) is 19.4 Å². The average Bonchev–Trinajstić information content (AvgIpc) is 2.79. The third kappa shape index (κ3) is 3.90. The largest absolute Gasteiger partial charge is 0.493 e. The van der Waals surface area contributed by atoms with Gasteiger partial charge in [0.1, 0.15) is 6.54 Å². The molecule has 4 amide bonds. The molecule has 1 aliphatic rings. The number of hydrogen-bond donors (Lipinski definition) is 1. The standard InChI is InChI=1S/C17H23N3O5/c1-5-19-15(21)16(22)20(17(19)23)11-18(3)10-12-7-8-13(25-6-2)14(9-12)24-4/h7-9H,5-6,10-11H2,1-4H3/p+1. The van der Waals surface area contributed by atoms with Crippen molar-refractivity contribution in [3.63, 3.8) is 0 Å². The molecule has 1 fully saturated rings. The number of nitrogens with one attached hydrogen (secondary N) is 1. The van der Waals surface area contributed by atoms with Gasteiger partial charge in [-0.3, -0.25) is 14.5 Å². The zero-order chi connectivity index (χ0) is 18.6. The van der Waals surface area contributed by atoms with Crippen LogP contribution in [-0.4, -0.2) is 61.6 Å². The number of carbonyl (C=O) groups is 3. The van der Waals surface area contributed by atoms with Crippen molar-refractivity contribution < 1.29 is 28.8 Å². The van der Waals surface area contributed by atoms with E-state index < -0.39 is 17.8 Å². The van der Waals surface area contributed by atoms with E-state index in [0.717, 1.165) is 20.3 Å². The lowest BCUT2D eigenvalue weighted by Crippen LogP contribution is -3.09. The molecule has 0 saturated carbocycles. The number of quaternary nitrogens is 1. The SMILES string of the molecule is CCOc1ccc(C[NH+](C)CN2C(=O)C(=O)N(CC)C2=O)cc1OC. The fourth-order valence-electron chi connectivity index (χ4n) is 2.74. The third-order valence-corrected chi connectivity index (χ3v) is 3.91. The summed E-state index contributed by atoms with van der Waals surface area (Å²) >= 11 is 0. The minimum absolute atomic E-state index is 0.120. The molecule has 2 rings (SSSR count). The molecule has 136 valence electrons. The maximum absolute atomic E-state index is 12.1. The van der Waals surface area contributed by atoms with E-state index >= 15 is 0 Å². The molecule has 1 aromatic carbocycles. The van der Waals surface area contributed by atoms with Crippen molar-refractivity contribution in [2.75, 3.05) is 34.0 Å². The second-order valence-corrected chi connectivity index (χ2v) is 5.78. The minimum atomic E-state index is -0.768. The van der Waals surface area contributed by atoms with Crippen molar-refractivity contribution in [3.05, 3.63) is 23.8 Å². The van der Waals surface area contributed by atoms with Gasteiger partial charge in [-0.25, -0.2) is 9.69 Å². The number of carbonyl (C=O) groups excluding carboxylic acids is 3. The molecule has 0 spiro atoms. The third-order valence-electron chi connectivity index (χ3n) is 3.91. The summed E-state index contributed by atoms with van der Waals surface area (Å²) in [4.78, 5) is 38.7. The first-order valence-corrected chi connectivity index (χ1v) is 8.21. The van der Waals surface area contributed by atoms with Crippen LogP contribution in [0.3, 0.4) is 0 Å². The molecule has 0 radical (unpaired) electrons. The predicted octanol–water partition coefficient (Wildman–Crippen LogP) is -0.123. The number of ether oxygens (including phenoxy) is 2. The molecule has 1 N–H and O–H groups in total. The Balaban J connectivity index is 2.05. The number of hydrogen-bond acceptors (Lipinski definition) is 5. The van der Waals surface area contributed by atoms with Crippen molar-refractivity contribution in [2.45, 2.75) is 20.4 Å². The van der Waals surface area contributed by atoms with Gasteiger partial charge in [-0.15, -0.1) is 0 Å². The van der Waals surface area contributed by atoms with E-state index in [4.69, 9.17) is 9.47 Å². The summed E-state index contributed by atoms with van der Waals surface area (Å²) in [6.45, 7) is 4.97. The fourth-order valence-corrected chi connectivity index (χ4v) is 2.74. The minimum Gasteiger partial charge on any atom is -0.493 e. The molecule has 1 atom stereocenters. The highest BCUT2D eigenvalue weighted by molar-refractivity contribution is 6.44. The van der Waals surface area contributed by atoms with Crippen LogP contribution in [0.2, 0.25) is 0 Å². The molecule has 1 saturated heterocycles. The maximum Gasteiger partial charge on any atom is 0.338 e. The highest BCUT2D eigenvalue weighted by Crippen LogP contribution is 2.27. The van der Waals surface area contributed by atoms with E-state index in [1.54, 1.807) is 14.0 Å². The zero-order valence-electron chi connectivity index (χ0n) is 15.0. The molecule has 1 aromatic rings. The van der Waals surface area contributed by atoms with Crippen LogP contribution in [0, 0.1) is 0 Å². The number of methoxy groups -OCH3 is 1. The molecule has 0 aliphatic carbocycles. The Morgan fingerprint density at radius 1 is 1.04 bits per heavy atom. The van der Waals surface area contributed by atoms with Crippen molar-refractivity contribution in [3.8, 4) is 11.5 Å². The summed E-state index contributed by atoms with van der Waals surface area (Å²) in [7, 11) is 3.42. The lowest BCUT2D eigenvalue weighted by Gasteiger charge is -2.20. The van der Waals surface area contributed by atoms with Crippen molar-refractivity contribution in [1.29, 1.82) is 0 Å². The maximum atomic E-state index is 12.1. The second-order valence-electron chi connectivity index (χ2n) is 5.78. The van der Waals surface area contributed by atoms with Crippen LogP contribution in [0.4, 0.5) is 4.79 Å². The summed E-state index contributed by atoms with van der Waals surface area (Å²) < 4.78 is 10.8. The van der Waals surface area contributed by atoms with Gasteiger partial charge in [0.15, 0.2) is 18.2 Å². The summed E-state index contributed by atoms with van der Waals surface area (Å²) in [6, 6.07) is 5.06. The molecular formula is C17H24N3O5+. The van der Waals surface area contributed by atoms with E-state index in [1.807, 2.05) is 32.2 Å². The number of benzene rings is 1. The van der Waals surface area contributed by atoms with Crippen molar-refractivity contribution >= 4 is 17.8 Å². The first kappa shape index (κ1) is 18.7. The topological polar surface area (TPSA) is 80.6 Å². The number of urea groups is 1. The fraction of sp³-hybridized carbons (Fsp3) is 0.471. The Morgan fingerprint density at radius 2 is 1.72 bits per heavy atom. The second kappa shape index (κ2) is 7.98. The van der Waals surface area contributed by atoms with Crippen LogP contribution in [0.25, 0.3) is 0 Å². The molecule has 8 heteroatoms. The number of rotatable bonds is 8. The van der Waals surface area contributed by atoms with Gasteiger partial charge in [0.2, 0.25) is 0 Å². The zero-order valence-corrected chi connectivity index (χ0v) is 15.0. The molecular weight excluding hydrogens is 326 g/mol. The van der Waals surface area contributed by atoms with Crippen LogP contribution in [0.15, 0.2) is 18.2 Å². The van der Waals surface area contributed by atoms with E-state index in [9.17, 15) is 14.4 Å². The number of likely N-dealkylation sites (N-methyl/N-ethyl adjacent to an activating group) is 1. The molecule has 0 aromatic heterocycles. The van der Waals surface area contributed by atoms with E-state index in [1.165, 1.54) is 0 Å². The molecule has 1 aliphatic heterocycles. The van der Waals surface area contributed by atoms with Crippen molar-refractivity contribution in [1.82, 2.24) is 9.80 Å². The van der Waals surface area contributed by atoms with Gasteiger partial charge in [0, 0.05) is 12.1 Å². The normalized spacial score (nSPS) is 15.8. The molecule has 8 nitrogen and oxygen atoms in total. The summed E-state index contributed by atoms with van der Waals surface area (Å²) in [6.07, 6.45) is 0. The molecule has 1 unspecified atom stereocenters. The van der Waals surface area contributed by atoms with E-state index in [2.05, 4.69) is 0 Å². The number of amides is 4. The molecule has 25 heavy (non-hydrogen) atoms. The summed E-state index contributed by atoms with van der Waals surface area (Å²) in [5.74, 6) is -0.230. The van der Waals surface area contributed by atoms with Crippen molar-refractivity contribution in [2.24, 2.45) is 0 Å². The van der Waals surface area contributed by atoms with Crippen LogP contribution in [-0.2, 0) is 16.1 Å². The lowest BCUT2D eigenvalue weighted by atomic mass is 10.2. The van der Waals surface area contributed by atoms with Crippen LogP contribution >= 0.6 is 0 Å². The number of nitrogens with zero attached hydrogens (tertiary/aromatic N) is 2. The van der Waals surface area contributed by atoms with Gasteiger partial charge in [-0.05, 0) is 32.0 Å². The first-order chi connectivity index (χ1) is 11.9. The van der Waals surface area contributed by atoms with E-state index in [0.29, 0.717) is 24.7 Å². The van der Waals surface area contributed by atoms with Gasteiger partial charge in [0.05, 0.1) is 20.8 Å². The Bertz CT molecular complexity index is 676. The Hall–Kier alpha value is -2.61. The molecule has 0 bridgehead atoms. The summed E-state index contributed by atoms with van der Waals surface area (Å²) in [5, 5.41) is 0. The lowest BCUT2D eigenvalue weighted by molar-refractivity contribution is -0.901. The van der Waals surface area contributed by atoms with Crippen LogP contribution in [0.5, 0.6) is 11.5 Å². The van der Waals surface area contributed by atoms with Gasteiger partial charge in [-0.1, -0.05) is 0 Å². The number of imide groups is 2. The highest BCUT2D eigenvalue weighted by atomic mass is 16.5. The Kier molecular flexibility index (Phi) is 5.97. The van der Waals surface area contributed by atoms with Gasteiger partial charge >= 0.3 is 17.8 Å². The van der Waals surface area contributed by atoms with Gasteiger partial charge in [-0.2, -0.15) is 0 Å². The Morgan fingerprint density at radius 3 is 2.28 bits per heavy atom. The smallest absolute Gasteiger partial charge is 0.338 e. The summed E-state index contributed by atoms with van der Waals surface area (Å²) in [5.41, 5.74) is 0.968. The quantitative estimate of drug-likeness (QED) is 0.522. The van der Waals surface area contributed by atoms with E-state index in [-0.39, 0.29) is 13.2 Å². The highest BCUT2D eigenvalue weighted by Gasteiger charge is 2.44. The van der Waals surface area contributed by atoms with Gasteiger partial charge in [0.25, 0.3) is 0 Å². The molecule has 1 heterocycles.